The van der Waals surface area contributed by atoms with Gasteiger partial charge in [0.05, 0.1) is 22.8 Å². The number of hydrogen-bond donors (Lipinski definition) is 3. The van der Waals surface area contributed by atoms with E-state index in [0.29, 0.717) is 5.69 Å². The maximum Gasteiger partial charge on any atom is 0.295 e. The maximum absolute atomic E-state index is 12.8. The Morgan fingerprint density at radius 3 is 2.58 bits per heavy atom. The Labute approximate surface area is 156 Å². The molecule has 0 amide bonds. The van der Waals surface area contributed by atoms with E-state index in [2.05, 4.69) is 20.8 Å². The van der Waals surface area contributed by atoms with Crippen LogP contribution < -0.4 is 16.3 Å². The van der Waals surface area contributed by atoms with Gasteiger partial charge in [0, 0.05) is 13.2 Å². The highest BCUT2D eigenvalue weighted by Gasteiger charge is 2.16. The fourth-order valence-electron chi connectivity index (χ4n) is 2.60. The molecule has 0 atom stereocenters. The van der Waals surface area contributed by atoms with Crippen LogP contribution in [-0.2, 0) is 7.05 Å². The van der Waals surface area contributed by atoms with Crippen LogP contribution in [0.5, 0.6) is 0 Å². The van der Waals surface area contributed by atoms with E-state index in [1.807, 2.05) is 69.6 Å². The molecule has 26 heavy (non-hydrogen) atoms. The van der Waals surface area contributed by atoms with E-state index in [4.69, 9.17) is 12.2 Å². The van der Waals surface area contributed by atoms with Crippen molar-refractivity contribution in [1.29, 1.82) is 0 Å². The number of rotatable bonds is 4. The molecule has 134 valence electrons. The highest BCUT2D eigenvalue weighted by Crippen LogP contribution is 2.13. The molecule has 0 aliphatic carbocycles. The lowest BCUT2D eigenvalue weighted by atomic mass is 10.3. The molecule has 0 fully saturated rings. The minimum atomic E-state index is -0.176. The number of aromatic nitrogens is 3. The SMILES string of the molecule is CC(=NNC(=S)Nc1c(C)n(C)n(-c2ccccc2)c1=O)c1ccc[nH]1. The Kier molecular flexibility index (Phi) is 5.04. The fraction of sp³-hybridized carbons (Fsp3) is 0.167. The molecule has 3 aromatic rings. The minimum absolute atomic E-state index is 0.176. The number of nitrogens with zero attached hydrogens (tertiary/aromatic N) is 3. The van der Waals surface area contributed by atoms with E-state index >= 15 is 0 Å². The smallest absolute Gasteiger partial charge is 0.295 e. The van der Waals surface area contributed by atoms with Crippen molar-refractivity contribution in [3.63, 3.8) is 0 Å². The summed E-state index contributed by atoms with van der Waals surface area (Å²) in [6, 6.07) is 13.3. The van der Waals surface area contributed by atoms with E-state index in [1.165, 1.54) is 0 Å². The Morgan fingerprint density at radius 1 is 1.19 bits per heavy atom. The molecule has 7 nitrogen and oxygen atoms in total. The van der Waals surface area contributed by atoms with Gasteiger partial charge in [-0.1, -0.05) is 18.2 Å². The summed E-state index contributed by atoms with van der Waals surface area (Å²) in [5.41, 5.74) is 6.22. The number of thiocarbonyl (C=S) groups is 1. The highest BCUT2D eigenvalue weighted by molar-refractivity contribution is 7.80. The van der Waals surface area contributed by atoms with Gasteiger partial charge in [0.2, 0.25) is 0 Å². The summed E-state index contributed by atoms with van der Waals surface area (Å²) in [6.45, 7) is 3.72. The number of H-pyrrole nitrogens is 1. The second-order valence-electron chi connectivity index (χ2n) is 5.78. The number of hydrazone groups is 1. The monoisotopic (exact) mass is 368 g/mol. The normalized spacial score (nSPS) is 11.4. The molecule has 3 N–H and O–H groups in total. The van der Waals surface area contributed by atoms with Crippen LogP contribution in [0, 0.1) is 6.92 Å². The first-order valence-corrected chi connectivity index (χ1v) is 8.49. The zero-order chi connectivity index (χ0) is 18.7. The quantitative estimate of drug-likeness (QED) is 0.376. The third-order valence-electron chi connectivity index (χ3n) is 4.11. The average Bonchev–Trinajstić information content (AvgIpc) is 3.25. The van der Waals surface area contributed by atoms with Crippen LogP contribution in [0.25, 0.3) is 5.69 Å². The molecule has 2 heterocycles. The number of aromatic amines is 1. The van der Waals surface area contributed by atoms with Crippen molar-refractivity contribution < 1.29 is 0 Å². The summed E-state index contributed by atoms with van der Waals surface area (Å²) in [7, 11) is 1.83. The first-order chi connectivity index (χ1) is 12.5. The Morgan fingerprint density at radius 2 is 1.92 bits per heavy atom. The fourth-order valence-corrected chi connectivity index (χ4v) is 2.75. The lowest BCUT2D eigenvalue weighted by molar-refractivity contribution is 0.630. The lowest BCUT2D eigenvalue weighted by Gasteiger charge is -2.07. The van der Waals surface area contributed by atoms with Crippen LogP contribution in [0.2, 0.25) is 0 Å². The van der Waals surface area contributed by atoms with Crippen LogP contribution >= 0.6 is 12.2 Å². The molecular formula is C18H20N6OS. The second kappa shape index (κ2) is 7.40. The van der Waals surface area contributed by atoms with Gasteiger partial charge in [-0.15, -0.1) is 0 Å². The predicted octanol–water partition coefficient (Wildman–Crippen LogP) is 2.52. The van der Waals surface area contributed by atoms with Crippen molar-refractivity contribution in [2.45, 2.75) is 13.8 Å². The molecular weight excluding hydrogens is 348 g/mol. The number of anilines is 1. The Balaban J connectivity index is 1.81. The first-order valence-electron chi connectivity index (χ1n) is 8.08. The van der Waals surface area contributed by atoms with Crippen LogP contribution in [0.4, 0.5) is 5.69 Å². The lowest BCUT2D eigenvalue weighted by Crippen LogP contribution is -2.28. The van der Waals surface area contributed by atoms with Gasteiger partial charge < -0.3 is 10.3 Å². The summed E-state index contributed by atoms with van der Waals surface area (Å²) < 4.78 is 3.38. The second-order valence-corrected chi connectivity index (χ2v) is 6.19. The van der Waals surface area contributed by atoms with Crippen LogP contribution in [0.3, 0.4) is 0 Å². The molecule has 0 aliphatic rings. The van der Waals surface area contributed by atoms with Crippen molar-refractivity contribution in [3.05, 3.63) is 70.4 Å². The van der Waals surface area contributed by atoms with Gasteiger partial charge in [-0.05, 0) is 50.3 Å². The highest BCUT2D eigenvalue weighted by atomic mass is 32.1. The molecule has 3 rings (SSSR count). The molecule has 0 bridgehead atoms. The molecule has 8 heteroatoms. The van der Waals surface area contributed by atoms with Crippen molar-refractivity contribution in [3.8, 4) is 5.69 Å². The van der Waals surface area contributed by atoms with Gasteiger partial charge >= 0.3 is 0 Å². The molecule has 1 aromatic carbocycles. The summed E-state index contributed by atoms with van der Waals surface area (Å²) in [5, 5.41) is 7.44. The number of benzene rings is 1. The third kappa shape index (κ3) is 3.45. The van der Waals surface area contributed by atoms with Crippen molar-refractivity contribution in [2.24, 2.45) is 12.1 Å². The maximum atomic E-state index is 12.8. The zero-order valence-electron chi connectivity index (χ0n) is 14.8. The number of hydrogen-bond acceptors (Lipinski definition) is 3. The number of para-hydroxylation sites is 1. The van der Waals surface area contributed by atoms with E-state index in [9.17, 15) is 4.79 Å². The predicted molar refractivity (Wildman–Crippen MR) is 108 cm³/mol. The summed E-state index contributed by atoms with van der Waals surface area (Å²) in [6.07, 6.45) is 1.82. The minimum Gasteiger partial charge on any atom is -0.360 e. The standard InChI is InChI=1S/C18H20N6OS/c1-12(15-10-7-11-19-15)21-22-18(26)20-16-13(2)23(3)24(17(16)25)14-8-5-4-6-9-14/h4-11,19H,1-3H3,(H2,20,22,26). The van der Waals surface area contributed by atoms with Crippen molar-refractivity contribution in [2.75, 3.05) is 5.32 Å². The molecule has 0 saturated heterocycles. The van der Waals surface area contributed by atoms with E-state index in [0.717, 1.165) is 22.8 Å². The molecule has 0 radical (unpaired) electrons. The molecule has 0 aliphatic heterocycles. The van der Waals surface area contributed by atoms with Gasteiger partial charge in [0.1, 0.15) is 5.69 Å². The van der Waals surface area contributed by atoms with Gasteiger partial charge in [-0.2, -0.15) is 5.10 Å². The van der Waals surface area contributed by atoms with Crippen LogP contribution in [-0.4, -0.2) is 25.2 Å². The summed E-state index contributed by atoms with van der Waals surface area (Å²) in [5.74, 6) is 0. The van der Waals surface area contributed by atoms with E-state index in [-0.39, 0.29) is 10.7 Å². The molecule has 0 saturated carbocycles. The van der Waals surface area contributed by atoms with Gasteiger partial charge in [0.15, 0.2) is 5.11 Å². The summed E-state index contributed by atoms with van der Waals surface area (Å²) in [4.78, 5) is 15.9. The van der Waals surface area contributed by atoms with Crippen molar-refractivity contribution >= 4 is 28.7 Å². The molecule has 0 spiro atoms. The Bertz CT molecular complexity index is 998. The average molecular weight is 368 g/mol. The van der Waals surface area contributed by atoms with E-state index in [1.54, 1.807) is 9.36 Å². The first kappa shape index (κ1) is 17.7. The molecule has 2 aromatic heterocycles. The van der Waals surface area contributed by atoms with E-state index < -0.39 is 0 Å². The number of nitrogens with one attached hydrogen (secondary N) is 3. The molecule has 0 unspecified atom stereocenters. The largest absolute Gasteiger partial charge is 0.360 e. The van der Waals surface area contributed by atoms with Gasteiger partial charge in [0.25, 0.3) is 5.56 Å². The van der Waals surface area contributed by atoms with Crippen LogP contribution in [0.15, 0.2) is 58.6 Å². The van der Waals surface area contributed by atoms with Gasteiger partial charge in [-0.3, -0.25) is 14.9 Å². The summed E-state index contributed by atoms with van der Waals surface area (Å²) >= 11 is 5.28. The van der Waals surface area contributed by atoms with Gasteiger partial charge in [-0.25, -0.2) is 4.68 Å². The Hall–Kier alpha value is -3.13. The zero-order valence-corrected chi connectivity index (χ0v) is 15.6. The van der Waals surface area contributed by atoms with Crippen molar-refractivity contribution in [1.82, 2.24) is 19.8 Å². The topological polar surface area (TPSA) is 79.1 Å². The third-order valence-corrected chi connectivity index (χ3v) is 4.30. The van der Waals surface area contributed by atoms with Crippen LogP contribution in [0.1, 0.15) is 18.3 Å².